The molecule has 4 nitrogen and oxygen atoms in total. The van der Waals surface area contributed by atoms with E-state index in [2.05, 4.69) is 0 Å². The number of halogens is 3. The molecule has 0 saturated carbocycles. The molecular formula is C11H9ClF2N2O2S2. The highest BCUT2D eigenvalue weighted by Crippen LogP contribution is 2.32. The SMILES string of the molecule is Cc1cc(S(=O)(=O)Nc2cc(N)c(F)cc2F)sc1Cl. The van der Waals surface area contributed by atoms with E-state index in [0.717, 1.165) is 17.4 Å². The third-order valence-electron chi connectivity index (χ3n) is 2.43. The molecule has 1 heterocycles. The van der Waals surface area contributed by atoms with Crippen LogP contribution in [0.1, 0.15) is 5.56 Å². The molecular weight excluding hydrogens is 330 g/mol. The van der Waals surface area contributed by atoms with Gasteiger partial charge >= 0.3 is 0 Å². The first kappa shape index (κ1) is 15.0. The number of nitrogen functional groups attached to an aromatic ring is 1. The van der Waals surface area contributed by atoms with Gasteiger partial charge in [0, 0.05) is 6.07 Å². The maximum Gasteiger partial charge on any atom is 0.271 e. The summed E-state index contributed by atoms with van der Waals surface area (Å²) in [6, 6.07) is 2.75. The molecule has 3 N–H and O–H groups in total. The summed E-state index contributed by atoms with van der Waals surface area (Å²) in [4.78, 5) is 0. The highest BCUT2D eigenvalue weighted by molar-refractivity contribution is 7.94. The van der Waals surface area contributed by atoms with Crippen LogP contribution in [0.3, 0.4) is 0 Å². The molecule has 0 aliphatic heterocycles. The predicted molar refractivity (Wildman–Crippen MR) is 75.6 cm³/mol. The van der Waals surface area contributed by atoms with Gasteiger partial charge in [-0.15, -0.1) is 11.3 Å². The van der Waals surface area contributed by atoms with Crippen molar-refractivity contribution in [2.45, 2.75) is 11.1 Å². The Kier molecular flexibility index (Phi) is 3.90. The normalized spacial score (nSPS) is 11.6. The van der Waals surface area contributed by atoms with Crippen LogP contribution in [-0.2, 0) is 10.0 Å². The summed E-state index contributed by atoms with van der Waals surface area (Å²) >= 11 is 6.64. The summed E-state index contributed by atoms with van der Waals surface area (Å²) in [5.41, 5.74) is 5.09. The van der Waals surface area contributed by atoms with Crippen LogP contribution in [0.25, 0.3) is 0 Å². The molecule has 0 radical (unpaired) electrons. The van der Waals surface area contributed by atoms with E-state index in [1.165, 1.54) is 6.07 Å². The van der Waals surface area contributed by atoms with Gasteiger partial charge in [0.1, 0.15) is 15.8 Å². The van der Waals surface area contributed by atoms with Crippen LogP contribution in [0.4, 0.5) is 20.2 Å². The quantitative estimate of drug-likeness (QED) is 0.843. The van der Waals surface area contributed by atoms with Crippen LogP contribution in [0, 0.1) is 18.6 Å². The van der Waals surface area contributed by atoms with E-state index in [-0.39, 0.29) is 9.90 Å². The number of rotatable bonds is 3. The lowest BCUT2D eigenvalue weighted by Gasteiger charge is -2.08. The molecule has 20 heavy (non-hydrogen) atoms. The van der Waals surface area contributed by atoms with Crippen molar-refractivity contribution in [3.05, 3.63) is 39.7 Å². The Balaban J connectivity index is 2.40. The molecule has 0 spiro atoms. The van der Waals surface area contributed by atoms with E-state index in [9.17, 15) is 17.2 Å². The fourth-order valence-corrected chi connectivity index (χ4v) is 4.17. The van der Waals surface area contributed by atoms with E-state index in [1.807, 2.05) is 4.72 Å². The molecule has 0 aliphatic carbocycles. The van der Waals surface area contributed by atoms with Crippen LogP contribution in [0.15, 0.2) is 22.4 Å². The van der Waals surface area contributed by atoms with Gasteiger partial charge in [-0.05, 0) is 24.6 Å². The average molecular weight is 339 g/mol. The summed E-state index contributed by atoms with van der Waals surface area (Å²) in [7, 11) is -4.00. The molecule has 0 aliphatic rings. The summed E-state index contributed by atoms with van der Waals surface area (Å²) in [5, 5.41) is 0. The van der Waals surface area contributed by atoms with Gasteiger partial charge < -0.3 is 5.73 Å². The number of nitrogens with one attached hydrogen (secondary N) is 1. The minimum atomic E-state index is -4.00. The lowest BCUT2D eigenvalue weighted by atomic mass is 10.2. The number of anilines is 2. The number of nitrogens with two attached hydrogens (primary N) is 1. The Labute approximate surface area is 123 Å². The van der Waals surface area contributed by atoms with Crippen LogP contribution >= 0.6 is 22.9 Å². The molecule has 0 amide bonds. The van der Waals surface area contributed by atoms with Gasteiger partial charge in [-0.3, -0.25) is 4.72 Å². The molecule has 1 aromatic heterocycles. The minimum absolute atomic E-state index is 0.0673. The molecule has 0 saturated heterocycles. The summed E-state index contributed by atoms with van der Waals surface area (Å²) in [6.07, 6.45) is 0. The lowest BCUT2D eigenvalue weighted by Crippen LogP contribution is -2.13. The van der Waals surface area contributed by atoms with Crippen molar-refractivity contribution in [3.8, 4) is 0 Å². The highest BCUT2D eigenvalue weighted by atomic mass is 35.5. The smallest absolute Gasteiger partial charge is 0.271 e. The van der Waals surface area contributed by atoms with Crippen LogP contribution in [0.5, 0.6) is 0 Å². The first-order chi connectivity index (χ1) is 9.20. The zero-order chi connectivity index (χ0) is 15.1. The van der Waals surface area contributed by atoms with Gasteiger partial charge in [0.2, 0.25) is 0 Å². The van der Waals surface area contributed by atoms with Gasteiger partial charge in [-0.25, -0.2) is 17.2 Å². The molecule has 0 unspecified atom stereocenters. The summed E-state index contributed by atoms with van der Waals surface area (Å²) in [5.74, 6) is -2.01. The molecule has 0 atom stereocenters. The van der Waals surface area contributed by atoms with Crippen molar-refractivity contribution in [3.63, 3.8) is 0 Å². The Bertz CT molecular complexity index is 755. The zero-order valence-corrected chi connectivity index (χ0v) is 12.5. The van der Waals surface area contributed by atoms with Crippen LogP contribution < -0.4 is 10.5 Å². The monoisotopic (exact) mass is 338 g/mol. The third-order valence-corrected chi connectivity index (χ3v) is 5.82. The van der Waals surface area contributed by atoms with Gasteiger partial charge in [0.05, 0.1) is 15.7 Å². The van der Waals surface area contributed by atoms with Crippen molar-refractivity contribution < 1.29 is 17.2 Å². The van der Waals surface area contributed by atoms with Crippen molar-refractivity contribution in [1.82, 2.24) is 0 Å². The summed E-state index contributed by atoms with van der Waals surface area (Å²) < 4.78 is 52.9. The van der Waals surface area contributed by atoms with Crippen LogP contribution in [0.2, 0.25) is 4.34 Å². The Morgan fingerprint density at radius 1 is 1.25 bits per heavy atom. The number of sulfonamides is 1. The number of hydrogen-bond donors (Lipinski definition) is 2. The van der Waals surface area contributed by atoms with Crippen LogP contribution in [-0.4, -0.2) is 8.42 Å². The fourth-order valence-electron chi connectivity index (χ4n) is 1.40. The first-order valence-corrected chi connectivity index (χ1v) is 7.92. The molecule has 2 aromatic rings. The number of thiophene rings is 1. The van der Waals surface area contributed by atoms with Gasteiger partial charge in [-0.1, -0.05) is 11.6 Å². The van der Waals surface area contributed by atoms with Gasteiger partial charge in [0.25, 0.3) is 10.0 Å². The van der Waals surface area contributed by atoms with E-state index in [0.29, 0.717) is 16.0 Å². The molecule has 1 aromatic carbocycles. The number of benzene rings is 1. The number of hydrogen-bond acceptors (Lipinski definition) is 4. The average Bonchev–Trinajstić information content (AvgIpc) is 2.67. The van der Waals surface area contributed by atoms with Crippen molar-refractivity contribution in [2.24, 2.45) is 0 Å². The third kappa shape index (κ3) is 2.87. The first-order valence-electron chi connectivity index (χ1n) is 5.24. The molecule has 9 heteroatoms. The zero-order valence-electron chi connectivity index (χ0n) is 10.1. The lowest BCUT2D eigenvalue weighted by molar-refractivity contribution is 0.585. The fraction of sp³-hybridized carbons (Fsp3) is 0.0909. The Morgan fingerprint density at radius 2 is 1.90 bits per heavy atom. The standard InChI is InChI=1S/C11H9ClF2N2O2S2/c1-5-2-10(19-11(5)12)20(17,18)16-9-4-8(15)6(13)3-7(9)14/h2-4,16H,15H2,1H3. The second kappa shape index (κ2) is 5.19. The van der Waals surface area contributed by atoms with E-state index >= 15 is 0 Å². The summed E-state index contributed by atoms with van der Waals surface area (Å²) in [6.45, 7) is 1.65. The highest BCUT2D eigenvalue weighted by Gasteiger charge is 2.21. The van der Waals surface area contributed by atoms with Crippen molar-refractivity contribution in [2.75, 3.05) is 10.5 Å². The molecule has 2 rings (SSSR count). The van der Waals surface area contributed by atoms with Crippen molar-refractivity contribution >= 4 is 44.3 Å². The molecule has 0 fully saturated rings. The van der Waals surface area contributed by atoms with Crippen molar-refractivity contribution in [1.29, 1.82) is 0 Å². The Morgan fingerprint density at radius 3 is 2.45 bits per heavy atom. The largest absolute Gasteiger partial charge is 0.396 e. The van der Waals surface area contributed by atoms with E-state index < -0.39 is 27.3 Å². The minimum Gasteiger partial charge on any atom is -0.396 e. The van der Waals surface area contributed by atoms with E-state index in [1.54, 1.807) is 6.92 Å². The van der Waals surface area contributed by atoms with Gasteiger partial charge in [0.15, 0.2) is 0 Å². The molecule has 108 valence electrons. The topological polar surface area (TPSA) is 72.2 Å². The maximum absolute atomic E-state index is 13.5. The van der Waals surface area contributed by atoms with Gasteiger partial charge in [-0.2, -0.15) is 0 Å². The molecule has 0 bridgehead atoms. The number of aryl methyl sites for hydroxylation is 1. The van der Waals surface area contributed by atoms with E-state index in [4.69, 9.17) is 17.3 Å². The predicted octanol–water partition coefficient (Wildman–Crippen LogP) is 3.37. The maximum atomic E-state index is 13.5. The second-order valence-corrected chi connectivity index (χ2v) is 7.54. The second-order valence-electron chi connectivity index (χ2n) is 3.98. The Hall–Kier alpha value is -1.38.